The Balaban J connectivity index is 1.58. The van der Waals surface area contributed by atoms with Crippen molar-refractivity contribution in [2.24, 2.45) is 5.41 Å². The van der Waals surface area contributed by atoms with E-state index >= 15 is 0 Å². The van der Waals surface area contributed by atoms with Crippen LogP contribution in [0.25, 0.3) is 0 Å². The van der Waals surface area contributed by atoms with Crippen molar-refractivity contribution >= 4 is 17.6 Å². The predicted octanol–water partition coefficient (Wildman–Crippen LogP) is 4.21. The van der Waals surface area contributed by atoms with Crippen molar-refractivity contribution in [2.75, 3.05) is 25.5 Å². The quantitative estimate of drug-likeness (QED) is 0.751. The number of benzene rings is 2. The molecule has 3 amide bonds. The lowest BCUT2D eigenvalue weighted by atomic mass is 9.81. The average Bonchev–Trinajstić information content (AvgIpc) is 2.78. The summed E-state index contributed by atoms with van der Waals surface area (Å²) in [4.78, 5) is 27.4. The van der Waals surface area contributed by atoms with Gasteiger partial charge in [0, 0.05) is 25.3 Å². The molecule has 0 aliphatic carbocycles. The zero-order valence-electron chi connectivity index (χ0n) is 18.0. The summed E-state index contributed by atoms with van der Waals surface area (Å²) in [6.07, 6.45) is 2.51. The molecule has 1 heterocycles. The number of nitrogens with zero attached hydrogens (tertiary/aromatic N) is 1. The van der Waals surface area contributed by atoms with Crippen LogP contribution in [0.3, 0.4) is 0 Å². The number of methoxy groups -OCH3 is 1. The van der Waals surface area contributed by atoms with Gasteiger partial charge < -0.3 is 20.3 Å². The molecule has 0 unspecified atom stereocenters. The number of hydrogen-bond donors (Lipinski definition) is 2. The molecule has 0 spiro atoms. The van der Waals surface area contributed by atoms with Gasteiger partial charge in [0.1, 0.15) is 5.75 Å². The molecular weight excluding hydrogens is 378 g/mol. The van der Waals surface area contributed by atoms with E-state index in [9.17, 15) is 9.59 Å². The summed E-state index contributed by atoms with van der Waals surface area (Å²) in [6.45, 7) is 5.51. The van der Waals surface area contributed by atoms with Gasteiger partial charge in [-0.3, -0.25) is 4.79 Å². The molecule has 30 heavy (non-hydrogen) atoms. The number of carbonyl (C=O) groups is 2. The van der Waals surface area contributed by atoms with Gasteiger partial charge in [0.05, 0.1) is 12.5 Å². The van der Waals surface area contributed by atoms with Crippen LogP contribution < -0.4 is 15.4 Å². The highest BCUT2D eigenvalue weighted by Gasteiger charge is 2.39. The minimum Gasteiger partial charge on any atom is -0.497 e. The summed E-state index contributed by atoms with van der Waals surface area (Å²) in [7, 11) is 1.62. The summed E-state index contributed by atoms with van der Waals surface area (Å²) in [5.74, 6) is 0.732. The second kappa shape index (κ2) is 9.65. The summed E-state index contributed by atoms with van der Waals surface area (Å²) < 4.78 is 5.24. The van der Waals surface area contributed by atoms with Gasteiger partial charge in [-0.2, -0.15) is 0 Å². The Morgan fingerprint density at radius 2 is 1.90 bits per heavy atom. The molecule has 3 rings (SSSR count). The van der Waals surface area contributed by atoms with Crippen LogP contribution in [0, 0.1) is 5.41 Å². The van der Waals surface area contributed by atoms with Crippen LogP contribution in [0.2, 0.25) is 0 Å². The van der Waals surface area contributed by atoms with Crippen LogP contribution in [0.5, 0.6) is 5.75 Å². The first kappa shape index (κ1) is 21.7. The number of aryl methyl sites for hydroxylation is 1. The Morgan fingerprint density at radius 3 is 2.60 bits per heavy atom. The Labute approximate surface area is 178 Å². The van der Waals surface area contributed by atoms with E-state index in [0.29, 0.717) is 19.6 Å². The predicted molar refractivity (Wildman–Crippen MR) is 119 cm³/mol. The number of nitrogens with one attached hydrogen (secondary N) is 2. The number of ether oxygens (including phenoxy) is 1. The minimum absolute atomic E-state index is 0.0323. The molecule has 0 bridgehead atoms. The van der Waals surface area contributed by atoms with Crippen LogP contribution in [0.1, 0.15) is 37.8 Å². The van der Waals surface area contributed by atoms with E-state index in [2.05, 4.69) is 17.6 Å². The smallest absolute Gasteiger partial charge is 0.321 e. The fourth-order valence-electron chi connectivity index (χ4n) is 3.80. The maximum absolute atomic E-state index is 12.9. The molecule has 2 N–H and O–H groups in total. The second-order valence-electron chi connectivity index (χ2n) is 8.10. The molecular formula is C24H31N3O3. The minimum atomic E-state index is -0.611. The lowest BCUT2D eigenvalue weighted by molar-refractivity contribution is -0.132. The molecule has 0 aromatic heterocycles. The van der Waals surface area contributed by atoms with Crippen molar-refractivity contribution in [2.45, 2.75) is 39.7 Å². The lowest BCUT2D eigenvalue weighted by Crippen LogP contribution is -2.52. The average molecular weight is 410 g/mol. The van der Waals surface area contributed by atoms with Gasteiger partial charge >= 0.3 is 6.03 Å². The Hall–Kier alpha value is -3.02. The van der Waals surface area contributed by atoms with Crippen LogP contribution in [-0.2, 0) is 17.8 Å². The number of likely N-dealkylation sites (tertiary alicyclic amines) is 1. The van der Waals surface area contributed by atoms with E-state index in [0.717, 1.165) is 36.3 Å². The van der Waals surface area contributed by atoms with E-state index in [-0.39, 0.29) is 11.9 Å². The van der Waals surface area contributed by atoms with E-state index < -0.39 is 5.41 Å². The molecule has 1 saturated heterocycles. The molecule has 2 aromatic carbocycles. The highest BCUT2D eigenvalue weighted by molar-refractivity contribution is 5.90. The molecule has 1 aliphatic rings. The molecule has 160 valence electrons. The molecule has 1 fully saturated rings. The topological polar surface area (TPSA) is 70.7 Å². The number of anilines is 1. The number of urea groups is 1. The standard InChI is InChI=1S/C24H31N3O3/c1-4-18-9-11-20(12-10-18)26-23(29)27-14-6-13-24(2,17-27)22(28)25-16-19-7-5-8-21(15-19)30-3/h5,7-12,15H,4,6,13-14,16-17H2,1-3H3,(H,25,28)(H,26,29)/t24-/m1/s1. The first-order valence-corrected chi connectivity index (χ1v) is 10.5. The first-order chi connectivity index (χ1) is 14.4. The van der Waals surface area contributed by atoms with Crippen molar-refractivity contribution in [1.82, 2.24) is 10.2 Å². The van der Waals surface area contributed by atoms with E-state index in [1.54, 1.807) is 12.0 Å². The van der Waals surface area contributed by atoms with Gasteiger partial charge in [0.25, 0.3) is 0 Å². The largest absolute Gasteiger partial charge is 0.497 e. The maximum atomic E-state index is 12.9. The number of piperidine rings is 1. The molecule has 6 heteroatoms. The zero-order chi connectivity index (χ0) is 21.6. The maximum Gasteiger partial charge on any atom is 0.321 e. The van der Waals surface area contributed by atoms with E-state index in [1.165, 1.54) is 5.56 Å². The third kappa shape index (κ3) is 5.32. The van der Waals surface area contributed by atoms with Crippen molar-refractivity contribution in [3.8, 4) is 5.75 Å². The van der Waals surface area contributed by atoms with Gasteiger partial charge in [-0.25, -0.2) is 4.79 Å². The molecule has 0 saturated carbocycles. The first-order valence-electron chi connectivity index (χ1n) is 10.5. The Morgan fingerprint density at radius 1 is 1.13 bits per heavy atom. The third-order valence-corrected chi connectivity index (χ3v) is 5.73. The van der Waals surface area contributed by atoms with Crippen LogP contribution in [0.15, 0.2) is 48.5 Å². The lowest BCUT2D eigenvalue weighted by Gasteiger charge is -2.39. The van der Waals surface area contributed by atoms with Gasteiger partial charge in [-0.05, 0) is 61.6 Å². The third-order valence-electron chi connectivity index (χ3n) is 5.73. The van der Waals surface area contributed by atoms with Crippen LogP contribution >= 0.6 is 0 Å². The number of carbonyl (C=O) groups excluding carboxylic acids is 2. The Bertz CT molecular complexity index is 882. The van der Waals surface area contributed by atoms with Gasteiger partial charge in [-0.1, -0.05) is 31.2 Å². The van der Waals surface area contributed by atoms with Crippen molar-refractivity contribution in [3.63, 3.8) is 0 Å². The molecule has 1 atom stereocenters. The van der Waals surface area contributed by atoms with Crippen molar-refractivity contribution in [3.05, 3.63) is 59.7 Å². The highest BCUT2D eigenvalue weighted by Crippen LogP contribution is 2.30. The number of amides is 3. The summed E-state index contributed by atoms with van der Waals surface area (Å²) in [6, 6.07) is 15.3. The van der Waals surface area contributed by atoms with Crippen molar-refractivity contribution < 1.29 is 14.3 Å². The molecule has 6 nitrogen and oxygen atoms in total. The van der Waals surface area contributed by atoms with Crippen LogP contribution in [-0.4, -0.2) is 37.0 Å². The fourth-order valence-corrected chi connectivity index (χ4v) is 3.80. The zero-order valence-corrected chi connectivity index (χ0v) is 18.0. The van der Waals surface area contributed by atoms with Crippen LogP contribution in [0.4, 0.5) is 10.5 Å². The summed E-state index contributed by atoms with van der Waals surface area (Å²) >= 11 is 0. The highest BCUT2D eigenvalue weighted by atomic mass is 16.5. The monoisotopic (exact) mass is 409 g/mol. The summed E-state index contributed by atoms with van der Waals surface area (Å²) in [5, 5.41) is 5.98. The summed E-state index contributed by atoms with van der Waals surface area (Å²) in [5.41, 5.74) is 2.37. The molecule has 1 aliphatic heterocycles. The van der Waals surface area contributed by atoms with Gasteiger partial charge in [0.2, 0.25) is 5.91 Å². The molecule has 0 radical (unpaired) electrons. The van der Waals surface area contributed by atoms with Gasteiger partial charge in [-0.15, -0.1) is 0 Å². The fraction of sp³-hybridized carbons (Fsp3) is 0.417. The van der Waals surface area contributed by atoms with E-state index in [4.69, 9.17) is 4.74 Å². The Kier molecular flexibility index (Phi) is 6.98. The number of hydrogen-bond acceptors (Lipinski definition) is 3. The normalized spacial score (nSPS) is 18.6. The second-order valence-corrected chi connectivity index (χ2v) is 8.10. The SMILES string of the molecule is CCc1ccc(NC(=O)N2CCC[C@@](C)(C(=O)NCc3cccc(OC)c3)C2)cc1. The van der Waals surface area contributed by atoms with E-state index in [1.807, 2.05) is 55.5 Å². The molecule has 2 aromatic rings. The van der Waals surface area contributed by atoms with Gasteiger partial charge in [0.15, 0.2) is 0 Å². The number of rotatable bonds is 6. The van der Waals surface area contributed by atoms with Crippen molar-refractivity contribution in [1.29, 1.82) is 0 Å².